The zero-order chi connectivity index (χ0) is 13.2. The second-order valence-corrected chi connectivity index (χ2v) is 6.52. The predicted octanol–water partition coefficient (Wildman–Crippen LogP) is 1.60. The van der Waals surface area contributed by atoms with Gasteiger partial charge in [-0.3, -0.25) is 0 Å². The van der Waals surface area contributed by atoms with Gasteiger partial charge >= 0.3 is 0 Å². The van der Waals surface area contributed by atoms with E-state index in [1.807, 2.05) is 6.92 Å². The van der Waals surface area contributed by atoms with Gasteiger partial charge in [0.15, 0.2) is 0 Å². The van der Waals surface area contributed by atoms with Gasteiger partial charge in [-0.1, -0.05) is 12.8 Å². The molecule has 3 N–H and O–H groups in total. The van der Waals surface area contributed by atoms with Crippen LogP contribution >= 0.6 is 0 Å². The van der Waals surface area contributed by atoms with E-state index in [0.717, 1.165) is 12.8 Å². The minimum atomic E-state index is -3.56. The van der Waals surface area contributed by atoms with E-state index >= 15 is 0 Å². The third kappa shape index (κ3) is 2.93. The van der Waals surface area contributed by atoms with Crippen LogP contribution in [0.4, 0.5) is 0 Å². The Morgan fingerprint density at radius 1 is 1.44 bits per heavy atom. The molecular formula is C12H20N2O3S. The van der Waals surface area contributed by atoms with E-state index in [-0.39, 0.29) is 17.7 Å². The average Bonchev–Trinajstić information content (AvgIpc) is 3.00. The Morgan fingerprint density at radius 3 is 2.67 bits per heavy atom. The third-order valence-electron chi connectivity index (χ3n) is 3.55. The minimum Gasteiger partial charge on any atom is -0.447 e. The van der Waals surface area contributed by atoms with Crippen molar-refractivity contribution in [3.05, 3.63) is 17.9 Å². The quantitative estimate of drug-likeness (QED) is 0.852. The van der Waals surface area contributed by atoms with Crippen LogP contribution in [0.2, 0.25) is 0 Å². The van der Waals surface area contributed by atoms with Gasteiger partial charge in [0.1, 0.15) is 5.76 Å². The van der Waals surface area contributed by atoms with Crippen molar-refractivity contribution in [3.8, 4) is 0 Å². The molecule has 1 saturated carbocycles. The summed E-state index contributed by atoms with van der Waals surface area (Å²) in [5.41, 5.74) is 5.40. The molecular weight excluding hydrogens is 252 g/mol. The fourth-order valence-corrected chi connectivity index (χ4v) is 3.73. The Kier molecular flexibility index (Phi) is 4.09. The number of sulfonamides is 1. The maximum Gasteiger partial charge on any atom is 0.274 e. The van der Waals surface area contributed by atoms with Crippen LogP contribution in [0.15, 0.2) is 21.6 Å². The molecule has 2 rings (SSSR count). The van der Waals surface area contributed by atoms with Gasteiger partial charge in [-0.05, 0) is 37.8 Å². The van der Waals surface area contributed by atoms with Gasteiger partial charge in [0.05, 0.1) is 6.54 Å². The Bertz CT molecular complexity index is 489. The zero-order valence-corrected chi connectivity index (χ0v) is 11.4. The average molecular weight is 272 g/mol. The first-order chi connectivity index (χ1) is 8.53. The van der Waals surface area contributed by atoms with E-state index in [4.69, 9.17) is 10.2 Å². The zero-order valence-electron chi connectivity index (χ0n) is 10.6. The lowest BCUT2D eigenvalue weighted by Gasteiger charge is -2.19. The van der Waals surface area contributed by atoms with E-state index in [1.165, 1.54) is 18.9 Å². The summed E-state index contributed by atoms with van der Waals surface area (Å²) in [5.74, 6) is 0.910. The molecule has 0 aromatic carbocycles. The summed E-state index contributed by atoms with van der Waals surface area (Å²) in [6, 6.07) is 2.99. The van der Waals surface area contributed by atoms with Crippen LogP contribution in [0.5, 0.6) is 0 Å². The molecule has 0 amide bonds. The van der Waals surface area contributed by atoms with E-state index in [0.29, 0.717) is 11.7 Å². The maximum absolute atomic E-state index is 12.1. The Hall–Kier alpha value is -0.850. The van der Waals surface area contributed by atoms with E-state index in [1.54, 1.807) is 6.07 Å². The van der Waals surface area contributed by atoms with Crippen LogP contribution in [0.3, 0.4) is 0 Å². The summed E-state index contributed by atoms with van der Waals surface area (Å²) in [5, 5.41) is -0.0483. The molecule has 0 radical (unpaired) electrons. The third-order valence-corrected chi connectivity index (χ3v) is 4.98. The van der Waals surface area contributed by atoms with Crippen molar-refractivity contribution >= 4 is 10.0 Å². The van der Waals surface area contributed by atoms with Crippen LogP contribution in [0.25, 0.3) is 0 Å². The van der Waals surface area contributed by atoms with Crippen molar-refractivity contribution in [1.82, 2.24) is 4.72 Å². The molecule has 6 heteroatoms. The first-order valence-electron chi connectivity index (χ1n) is 6.34. The Labute approximate surface area is 108 Å². The highest BCUT2D eigenvalue weighted by Crippen LogP contribution is 2.28. The van der Waals surface area contributed by atoms with Gasteiger partial charge in [0.2, 0.25) is 5.09 Å². The summed E-state index contributed by atoms with van der Waals surface area (Å²) >= 11 is 0. The molecule has 1 aliphatic carbocycles. The fraction of sp³-hybridized carbons (Fsp3) is 0.667. The molecule has 1 heterocycles. The van der Waals surface area contributed by atoms with Gasteiger partial charge in [0.25, 0.3) is 10.0 Å². The van der Waals surface area contributed by atoms with Gasteiger partial charge in [-0.25, -0.2) is 13.1 Å². The fourth-order valence-electron chi connectivity index (χ4n) is 2.47. The van der Waals surface area contributed by atoms with E-state index in [9.17, 15) is 8.42 Å². The Balaban J connectivity index is 2.06. The molecule has 1 aliphatic rings. The second kappa shape index (κ2) is 5.42. The molecule has 1 atom stereocenters. The van der Waals surface area contributed by atoms with Crippen LogP contribution in [0, 0.1) is 5.92 Å². The highest BCUT2D eigenvalue weighted by atomic mass is 32.2. The van der Waals surface area contributed by atoms with Crippen molar-refractivity contribution in [1.29, 1.82) is 0 Å². The summed E-state index contributed by atoms with van der Waals surface area (Å²) in [6.45, 7) is 2.12. The van der Waals surface area contributed by atoms with Crippen LogP contribution in [-0.4, -0.2) is 14.5 Å². The normalized spacial score (nSPS) is 19.2. The highest BCUT2D eigenvalue weighted by molar-refractivity contribution is 7.89. The molecule has 102 valence electrons. The van der Waals surface area contributed by atoms with Crippen molar-refractivity contribution in [3.63, 3.8) is 0 Å². The van der Waals surface area contributed by atoms with Crippen LogP contribution in [-0.2, 0) is 16.6 Å². The number of rotatable bonds is 5. The highest BCUT2D eigenvalue weighted by Gasteiger charge is 2.27. The lowest BCUT2D eigenvalue weighted by atomic mass is 10.0. The van der Waals surface area contributed by atoms with Gasteiger partial charge in [-0.15, -0.1) is 0 Å². The first-order valence-corrected chi connectivity index (χ1v) is 7.82. The lowest BCUT2D eigenvalue weighted by molar-refractivity contribution is 0.393. The lowest BCUT2D eigenvalue weighted by Crippen LogP contribution is -2.37. The molecule has 1 fully saturated rings. The molecule has 0 aliphatic heterocycles. The monoisotopic (exact) mass is 272 g/mol. The summed E-state index contributed by atoms with van der Waals surface area (Å²) in [6.07, 6.45) is 4.56. The smallest absolute Gasteiger partial charge is 0.274 e. The maximum atomic E-state index is 12.1. The van der Waals surface area contributed by atoms with Crippen molar-refractivity contribution in [2.75, 3.05) is 0 Å². The number of hydrogen-bond donors (Lipinski definition) is 2. The first kappa shape index (κ1) is 13.6. The number of furan rings is 1. The molecule has 1 unspecified atom stereocenters. The second-order valence-electron chi connectivity index (χ2n) is 4.88. The van der Waals surface area contributed by atoms with Crippen LogP contribution < -0.4 is 10.5 Å². The molecule has 1 aromatic heterocycles. The molecule has 0 spiro atoms. The Morgan fingerprint density at radius 2 is 2.11 bits per heavy atom. The standard InChI is InChI=1S/C12H20N2O3S/c1-9(10-4-2-3-5-10)14-18(15,16)12-7-6-11(8-13)17-12/h6-7,9-10,14H,2-5,8,13H2,1H3. The summed E-state index contributed by atoms with van der Waals surface area (Å²) < 4.78 is 32.0. The van der Waals surface area contributed by atoms with Gasteiger partial charge in [-0.2, -0.15) is 0 Å². The summed E-state index contributed by atoms with van der Waals surface area (Å²) in [4.78, 5) is 0. The number of hydrogen-bond acceptors (Lipinski definition) is 4. The van der Waals surface area contributed by atoms with Crippen LogP contribution in [0.1, 0.15) is 38.4 Å². The minimum absolute atomic E-state index is 0.0483. The summed E-state index contributed by atoms with van der Waals surface area (Å²) in [7, 11) is -3.56. The molecule has 5 nitrogen and oxygen atoms in total. The molecule has 0 saturated heterocycles. The van der Waals surface area contributed by atoms with Crippen molar-refractivity contribution in [2.24, 2.45) is 11.7 Å². The number of nitrogens with one attached hydrogen (secondary N) is 1. The topological polar surface area (TPSA) is 85.3 Å². The number of nitrogens with two attached hydrogens (primary N) is 1. The van der Waals surface area contributed by atoms with E-state index in [2.05, 4.69) is 4.72 Å². The van der Waals surface area contributed by atoms with Gasteiger partial charge in [0, 0.05) is 6.04 Å². The van der Waals surface area contributed by atoms with Gasteiger partial charge < -0.3 is 10.2 Å². The molecule has 0 bridgehead atoms. The largest absolute Gasteiger partial charge is 0.447 e. The predicted molar refractivity (Wildman–Crippen MR) is 68.3 cm³/mol. The van der Waals surface area contributed by atoms with Crippen molar-refractivity contribution < 1.29 is 12.8 Å². The van der Waals surface area contributed by atoms with E-state index < -0.39 is 10.0 Å². The SMILES string of the molecule is CC(NS(=O)(=O)c1ccc(CN)o1)C1CCCC1. The molecule has 18 heavy (non-hydrogen) atoms. The molecule has 1 aromatic rings. The van der Waals surface area contributed by atoms with Crippen molar-refractivity contribution in [2.45, 2.75) is 50.3 Å².